The number of aromatic nitrogens is 1. The van der Waals surface area contributed by atoms with Crippen molar-refractivity contribution >= 4 is 17.1 Å². The number of nitro groups is 1. The van der Waals surface area contributed by atoms with Crippen LogP contribution in [0.2, 0.25) is 5.02 Å². The molecule has 2 heterocycles. The molecule has 0 amide bonds. The van der Waals surface area contributed by atoms with Crippen molar-refractivity contribution in [1.82, 2.24) is 4.40 Å². The standard InChI is InChI=1S/C22H16ClFN2O2/c23-19-10-6-11-20(24)21(19)18(14-26(27)28)22-17(15-7-2-1-3-8-15)13-16-9-4-5-12-25(16)22/h1-13,18H,14H2/t18-/m0/s1. The second-order valence-corrected chi connectivity index (χ2v) is 6.92. The first-order valence-corrected chi connectivity index (χ1v) is 9.15. The van der Waals surface area contributed by atoms with Gasteiger partial charge in [0.2, 0.25) is 6.54 Å². The Balaban J connectivity index is 2.05. The van der Waals surface area contributed by atoms with Crippen molar-refractivity contribution in [3.8, 4) is 11.1 Å². The number of hydrogen-bond acceptors (Lipinski definition) is 2. The van der Waals surface area contributed by atoms with E-state index in [-0.39, 0.29) is 10.6 Å². The second kappa shape index (κ2) is 7.44. The van der Waals surface area contributed by atoms with Crippen molar-refractivity contribution in [1.29, 1.82) is 0 Å². The summed E-state index contributed by atoms with van der Waals surface area (Å²) in [5, 5.41) is 11.7. The summed E-state index contributed by atoms with van der Waals surface area (Å²) >= 11 is 6.30. The van der Waals surface area contributed by atoms with Crippen LogP contribution in [0.25, 0.3) is 16.6 Å². The molecule has 0 bridgehead atoms. The molecule has 0 radical (unpaired) electrons. The minimum Gasteiger partial charge on any atom is -0.319 e. The largest absolute Gasteiger partial charge is 0.319 e. The molecule has 28 heavy (non-hydrogen) atoms. The Bertz CT molecular complexity index is 1140. The van der Waals surface area contributed by atoms with Gasteiger partial charge in [-0.15, -0.1) is 0 Å². The van der Waals surface area contributed by atoms with Crippen molar-refractivity contribution in [2.24, 2.45) is 0 Å². The zero-order valence-corrected chi connectivity index (χ0v) is 15.5. The molecule has 0 N–H and O–H groups in total. The summed E-state index contributed by atoms with van der Waals surface area (Å²) in [6, 6.07) is 21.5. The van der Waals surface area contributed by atoms with Crippen LogP contribution >= 0.6 is 11.6 Å². The smallest absolute Gasteiger partial charge is 0.216 e. The van der Waals surface area contributed by atoms with Gasteiger partial charge in [0.15, 0.2) is 0 Å². The van der Waals surface area contributed by atoms with E-state index in [0.29, 0.717) is 5.69 Å². The van der Waals surface area contributed by atoms with Crippen molar-refractivity contribution in [2.75, 3.05) is 6.54 Å². The lowest BCUT2D eigenvalue weighted by molar-refractivity contribution is -0.482. The highest BCUT2D eigenvalue weighted by Gasteiger charge is 2.31. The number of benzene rings is 2. The average molecular weight is 395 g/mol. The molecule has 0 aliphatic carbocycles. The predicted octanol–water partition coefficient (Wildman–Crippen LogP) is 5.81. The monoisotopic (exact) mass is 394 g/mol. The molecule has 1 atom stereocenters. The van der Waals surface area contributed by atoms with Gasteiger partial charge >= 0.3 is 0 Å². The molecule has 0 saturated heterocycles. The predicted molar refractivity (Wildman–Crippen MR) is 108 cm³/mol. The van der Waals surface area contributed by atoms with Gasteiger partial charge in [0.25, 0.3) is 0 Å². The minimum absolute atomic E-state index is 0.141. The third-order valence-corrected chi connectivity index (χ3v) is 5.14. The molecule has 2 aromatic heterocycles. The molecule has 6 heteroatoms. The fraction of sp³-hybridized carbons (Fsp3) is 0.0909. The van der Waals surface area contributed by atoms with Gasteiger partial charge in [-0.3, -0.25) is 10.1 Å². The van der Waals surface area contributed by atoms with Gasteiger partial charge in [-0.1, -0.05) is 54.1 Å². The normalized spacial score (nSPS) is 12.2. The minimum atomic E-state index is -0.844. The van der Waals surface area contributed by atoms with Crippen LogP contribution in [-0.2, 0) is 0 Å². The molecule has 4 rings (SSSR count). The van der Waals surface area contributed by atoms with E-state index >= 15 is 0 Å². The van der Waals surface area contributed by atoms with E-state index in [9.17, 15) is 14.5 Å². The molecule has 0 unspecified atom stereocenters. The molecule has 140 valence electrons. The van der Waals surface area contributed by atoms with E-state index in [0.717, 1.165) is 16.6 Å². The molecule has 2 aromatic carbocycles. The van der Waals surface area contributed by atoms with E-state index < -0.39 is 23.2 Å². The molecule has 0 spiro atoms. The van der Waals surface area contributed by atoms with Crippen molar-refractivity contribution in [3.05, 3.63) is 111 Å². The number of pyridine rings is 1. The fourth-order valence-corrected chi connectivity index (χ4v) is 3.95. The molecule has 4 nitrogen and oxygen atoms in total. The van der Waals surface area contributed by atoms with Crippen LogP contribution in [0.15, 0.2) is 79.0 Å². The zero-order chi connectivity index (χ0) is 19.7. The van der Waals surface area contributed by atoms with Crippen molar-refractivity contribution in [2.45, 2.75) is 5.92 Å². The lowest BCUT2D eigenvalue weighted by atomic mass is 9.90. The first-order chi connectivity index (χ1) is 13.6. The molecule has 0 saturated carbocycles. The highest BCUT2D eigenvalue weighted by Crippen LogP contribution is 2.39. The van der Waals surface area contributed by atoms with Gasteiger partial charge in [-0.05, 0) is 35.9 Å². The summed E-state index contributed by atoms with van der Waals surface area (Å²) in [5.74, 6) is -1.40. The fourth-order valence-electron chi connectivity index (χ4n) is 3.66. The molecule has 0 fully saturated rings. The summed E-state index contributed by atoms with van der Waals surface area (Å²) in [6.45, 7) is -0.471. The molecule has 4 aromatic rings. The van der Waals surface area contributed by atoms with Crippen molar-refractivity contribution < 1.29 is 9.31 Å². The van der Waals surface area contributed by atoms with E-state index in [2.05, 4.69) is 0 Å². The first kappa shape index (κ1) is 18.2. The van der Waals surface area contributed by atoms with Gasteiger partial charge < -0.3 is 4.40 Å². The maximum Gasteiger partial charge on any atom is 0.216 e. The number of rotatable bonds is 5. The average Bonchev–Trinajstić information content (AvgIpc) is 3.07. The Morgan fingerprint density at radius 2 is 1.79 bits per heavy atom. The van der Waals surface area contributed by atoms with Crippen LogP contribution < -0.4 is 0 Å². The number of nitrogens with zero attached hydrogens (tertiary/aromatic N) is 2. The Hall–Kier alpha value is -3.18. The van der Waals surface area contributed by atoms with Crippen LogP contribution in [0.5, 0.6) is 0 Å². The third kappa shape index (κ3) is 3.25. The van der Waals surface area contributed by atoms with Gasteiger partial charge in [0.05, 0.1) is 5.92 Å². The third-order valence-electron chi connectivity index (χ3n) is 4.81. The van der Waals surface area contributed by atoms with Crippen LogP contribution in [0.3, 0.4) is 0 Å². The summed E-state index contributed by atoms with van der Waals surface area (Å²) in [5.41, 5.74) is 3.38. The Kier molecular flexibility index (Phi) is 4.84. The molecular weight excluding hydrogens is 379 g/mol. The number of halogens is 2. The van der Waals surface area contributed by atoms with E-state index in [1.807, 2.05) is 65.2 Å². The first-order valence-electron chi connectivity index (χ1n) is 8.77. The quantitative estimate of drug-likeness (QED) is 0.317. The second-order valence-electron chi connectivity index (χ2n) is 6.51. The number of fused-ring (bicyclic) bond motifs is 1. The van der Waals surface area contributed by atoms with Crippen molar-refractivity contribution in [3.63, 3.8) is 0 Å². The van der Waals surface area contributed by atoms with Crippen LogP contribution in [0.1, 0.15) is 17.2 Å². The molecular formula is C22H16ClFN2O2. The lowest BCUT2D eigenvalue weighted by Gasteiger charge is -2.18. The Morgan fingerprint density at radius 1 is 1.04 bits per heavy atom. The summed E-state index contributed by atoms with van der Waals surface area (Å²) in [7, 11) is 0. The SMILES string of the molecule is O=[N+]([O-])C[C@@H](c1c(F)cccc1Cl)c1c(-c2ccccc2)cc2ccccn12. The maximum atomic E-state index is 14.8. The lowest BCUT2D eigenvalue weighted by Crippen LogP contribution is -2.18. The van der Waals surface area contributed by atoms with E-state index in [1.165, 1.54) is 12.1 Å². The van der Waals surface area contributed by atoms with Crippen LogP contribution in [-0.4, -0.2) is 15.9 Å². The number of hydrogen-bond donors (Lipinski definition) is 0. The maximum absolute atomic E-state index is 14.8. The van der Waals surface area contributed by atoms with Crippen LogP contribution in [0.4, 0.5) is 4.39 Å². The van der Waals surface area contributed by atoms with Crippen LogP contribution in [0, 0.1) is 15.9 Å². The molecule has 0 aliphatic rings. The van der Waals surface area contributed by atoms with Gasteiger partial charge in [-0.25, -0.2) is 4.39 Å². The van der Waals surface area contributed by atoms with Gasteiger partial charge in [-0.2, -0.15) is 0 Å². The van der Waals surface area contributed by atoms with E-state index in [4.69, 9.17) is 11.6 Å². The highest BCUT2D eigenvalue weighted by molar-refractivity contribution is 6.31. The molecule has 0 aliphatic heterocycles. The Labute approximate surface area is 166 Å². The van der Waals surface area contributed by atoms with Gasteiger partial charge in [0.1, 0.15) is 5.82 Å². The van der Waals surface area contributed by atoms with E-state index in [1.54, 1.807) is 6.07 Å². The zero-order valence-electron chi connectivity index (χ0n) is 14.8. The summed E-state index contributed by atoms with van der Waals surface area (Å²) in [4.78, 5) is 11.1. The Morgan fingerprint density at radius 3 is 2.50 bits per heavy atom. The topological polar surface area (TPSA) is 47.5 Å². The van der Waals surface area contributed by atoms with Gasteiger partial charge in [0, 0.05) is 38.5 Å². The highest BCUT2D eigenvalue weighted by atomic mass is 35.5. The summed E-state index contributed by atoms with van der Waals surface area (Å²) in [6.07, 6.45) is 1.83. The summed E-state index contributed by atoms with van der Waals surface area (Å²) < 4.78 is 16.6.